The van der Waals surface area contributed by atoms with Crippen molar-refractivity contribution < 1.29 is 14.4 Å². The van der Waals surface area contributed by atoms with Gasteiger partial charge in [0.1, 0.15) is 0 Å². The number of aryl methyl sites for hydroxylation is 1. The molecule has 0 fully saturated rings. The van der Waals surface area contributed by atoms with Crippen LogP contribution in [0.25, 0.3) is 32.6 Å². The van der Waals surface area contributed by atoms with Gasteiger partial charge in [0.25, 0.3) is 0 Å². The fraction of sp³-hybridized carbons (Fsp3) is 0.138. The molecule has 0 spiro atoms. The lowest BCUT2D eigenvalue weighted by atomic mass is 9.96. The van der Waals surface area contributed by atoms with Crippen LogP contribution in [0.4, 0.5) is 0 Å². The predicted molar refractivity (Wildman–Crippen MR) is 136 cm³/mol. The van der Waals surface area contributed by atoms with E-state index in [1.807, 2.05) is 78.9 Å². The molecular weight excluding hydrogens is 424 g/mol. The molecule has 1 heterocycles. The molecule has 5 heteroatoms. The Labute approximate surface area is 197 Å². The van der Waals surface area contributed by atoms with Crippen molar-refractivity contribution in [3.63, 3.8) is 0 Å². The number of nitrogens with zero attached hydrogens (tertiary/aromatic N) is 2. The molecule has 4 aromatic carbocycles. The third kappa shape index (κ3) is 3.65. The summed E-state index contributed by atoms with van der Waals surface area (Å²) in [7, 11) is 0. The summed E-state index contributed by atoms with van der Waals surface area (Å²) in [6.45, 7) is 6.04. The lowest BCUT2D eigenvalue weighted by Crippen LogP contribution is -2.02. The van der Waals surface area contributed by atoms with Gasteiger partial charge < -0.3 is 9.40 Å². The minimum absolute atomic E-state index is 0.000135. The number of aromatic nitrogens is 1. The number of hydrogen-bond donors (Lipinski definition) is 0. The Kier molecular flexibility index (Phi) is 5.46. The molecule has 5 aromatic rings. The minimum Gasteiger partial charge on any atom is -0.341 e. The van der Waals surface area contributed by atoms with Gasteiger partial charge in [0.05, 0.1) is 5.71 Å². The van der Waals surface area contributed by atoms with Crippen LogP contribution in [0.2, 0.25) is 0 Å². The van der Waals surface area contributed by atoms with Gasteiger partial charge in [-0.2, -0.15) is 0 Å². The van der Waals surface area contributed by atoms with Crippen LogP contribution < -0.4 is 0 Å². The van der Waals surface area contributed by atoms with Crippen LogP contribution in [0.3, 0.4) is 0 Å². The smallest absolute Gasteiger partial charge is 0.331 e. The highest BCUT2D eigenvalue weighted by atomic mass is 16.7. The third-order valence-electron chi connectivity index (χ3n) is 6.21. The van der Waals surface area contributed by atoms with Crippen LogP contribution in [-0.2, 0) is 16.2 Å². The number of benzene rings is 4. The number of hydrogen-bond acceptors (Lipinski definition) is 4. The van der Waals surface area contributed by atoms with Gasteiger partial charge in [-0.3, -0.25) is 4.79 Å². The van der Waals surface area contributed by atoms with Gasteiger partial charge in [0.15, 0.2) is 5.78 Å². The number of carbonyl (C=O) groups excluding carboxylic acids is 2. The fourth-order valence-corrected chi connectivity index (χ4v) is 4.58. The molecule has 0 unspecified atom stereocenters. The largest absolute Gasteiger partial charge is 0.341 e. The van der Waals surface area contributed by atoms with E-state index in [9.17, 15) is 9.59 Å². The van der Waals surface area contributed by atoms with Gasteiger partial charge in [-0.1, -0.05) is 53.7 Å². The Morgan fingerprint density at radius 3 is 2.15 bits per heavy atom. The van der Waals surface area contributed by atoms with Crippen LogP contribution in [0.1, 0.15) is 42.3 Å². The average Bonchev–Trinajstić information content (AvgIpc) is 3.18. The summed E-state index contributed by atoms with van der Waals surface area (Å²) in [5.74, 6) is -0.459. The highest BCUT2D eigenvalue weighted by Gasteiger charge is 2.17. The van der Waals surface area contributed by atoms with Crippen LogP contribution in [0, 0.1) is 0 Å². The summed E-state index contributed by atoms with van der Waals surface area (Å²) in [4.78, 5) is 29.5. The van der Waals surface area contributed by atoms with E-state index >= 15 is 0 Å². The zero-order chi connectivity index (χ0) is 23.8. The molecule has 0 aliphatic rings. The first-order valence-corrected chi connectivity index (χ1v) is 11.3. The zero-order valence-corrected chi connectivity index (χ0v) is 19.3. The molecule has 5 nitrogen and oxygen atoms in total. The molecule has 0 N–H and O–H groups in total. The molecular formula is C29H24N2O3. The van der Waals surface area contributed by atoms with Crippen molar-refractivity contribution in [1.29, 1.82) is 0 Å². The summed E-state index contributed by atoms with van der Waals surface area (Å²) < 4.78 is 2.24. The van der Waals surface area contributed by atoms with E-state index in [0.29, 0.717) is 16.8 Å². The summed E-state index contributed by atoms with van der Waals surface area (Å²) in [6.07, 6.45) is 0. The molecule has 0 saturated heterocycles. The molecule has 0 aliphatic carbocycles. The Morgan fingerprint density at radius 2 is 1.44 bits per heavy atom. The number of carbonyl (C=O) groups is 2. The number of oxime groups is 1. The van der Waals surface area contributed by atoms with Crippen LogP contribution in [0.15, 0.2) is 84.0 Å². The Balaban J connectivity index is 1.67. The van der Waals surface area contributed by atoms with Crippen molar-refractivity contribution >= 4 is 50.0 Å². The first-order chi connectivity index (χ1) is 16.5. The lowest BCUT2D eigenvalue weighted by Gasteiger charge is -2.07. The van der Waals surface area contributed by atoms with Crippen molar-refractivity contribution in [2.24, 2.45) is 5.16 Å². The van der Waals surface area contributed by atoms with E-state index in [0.717, 1.165) is 44.7 Å². The molecule has 168 valence electrons. The predicted octanol–water partition coefficient (Wildman–Crippen LogP) is 6.49. The fourth-order valence-electron chi connectivity index (χ4n) is 4.58. The monoisotopic (exact) mass is 448 g/mol. The Morgan fingerprint density at radius 1 is 0.794 bits per heavy atom. The maximum Gasteiger partial charge on any atom is 0.331 e. The average molecular weight is 449 g/mol. The van der Waals surface area contributed by atoms with Crippen LogP contribution in [0.5, 0.6) is 0 Å². The van der Waals surface area contributed by atoms with E-state index < -0.39 is 5.97 Å². The Hall–Kier alpha value is -4.25. The van der Waals surface area contributed by atoms with Gasteiger partial charge in [-0.15, -0.1) is 0 Å². The van der Waals surface area contributed by atoms with Crippen LogP contribution >= 0.6 is 0 Å². The summed E-state index contributed by atoms with van der Waals surface area (Å²) in [6, 6.07) is 25.7. The minimum atomic E-state index is -0.459. The van der Waals surface area contributed by atoms with Crippen molar-refractivity contribution in [1.82, 2.24) is 4.57 Å². The van der Waals surface area contributed by atoms with Crippen molar-refractivity contribution in [2.75, 3.05) is 0 Å². The van der Waals surface area contributed by atoms with Gasteiger partial charge in [0.2, 0.25) is 0 Å². The second-order valence-electron chi connectivity index (χ2n) is 8.32. The first kappa shape index (κ1) is 21.6. The summed E-state index contributed by atoms with van der Waals surface area (Å²) in [5, 5.41) is 7.96. The quantitative estimate of drug-likeness (QED) is 0.134. The van der Waals surface area contributed by atoms with Gasteiger partial charge in [-0.05, 0) is 60.5 Å². The second-order valence-corrected chi connectivity index (χ2v) is 8.32. The molecule has 0 bridgehead atoms. The highest BCUT2D eigenvalue weighted by Crippen LogP contribution is 2.32. The van der Waals surface area contributed by atoms with Gasteiger partial charge in [-0.25, -0.2) is 4.79 Å². The van der Waals surface area contributed by atoms with E-state index in [2.05, 4.69) is 16.6 Å². The highest BCUT2D eigenvalue weighted by molar-refractivity contribution is 6.19. The Bertz CT molecular complexity index is 1620. The maximum atomic E-state index is 13.6. The zero-order valence-electron chi connectivity index (χ0n) is 19.3. The van der Waals surface area contributed by atoms with E-state index in [1.165, 1.54) is 6.92 Å². The molecule has 0 amide bonds. The summed E-state index contributed by atoms with van der Waals surface area (Å²) >= 11 is 0. The lowest BCUT2D eigenvalue weighted by molar-refractivity contribution is -0.140. The first-order valence-electron chi connectivity index (χ1n) is 11.3. The van der Waals surface area contributed by atoms with Crippen molar-refractivity contribution in [3.05, 3.63) is 95.6 Å². The molecule has 0 atom stereocenters. The van der Waals surface area contributed by atoms with Gasteiger partial charge in [0, 0.05) is 46.4 Å². The van der Waals surface area contributed by atoms with E-state index in [1.54, 1.807) is 6.92 Å². The van der Waals surface area contributed by atoms with Crippen LogP contribution in [-0.4, -0.2) is 22.0 Å². The molecule has 0 saturated carbocycles. The van der Waals surface area contributed by atoms with Gasteiger partial charge >= 0.3 is 5.97 Å². The number of ketones is 1. The second kappa shape index (κ2) is 8.60. The molecule has 0 radical (unpaired) electrons. The SMILES string of the molecule is CCn1c2ccc(C(=O)c3cccc4ccccc34)cc2c2cc(C(C)=NOC(C)=O)ccc21. The molecule has 1 aromatic heterocycles. The van der Waals surface area contributed by atoms with Crippen molar-refractivity contribution in [2.45, 2.75) is 27.3 Å². The van der Waals surface area contributed by atoms with E-state index in [4.69, 9.17) is 4.84 Å². The standard InChI is InChI=1S/C29H24N2O3/c1-4-31-27-14-12-21(18(2)30-34-19(3)32)16-25(27)26-17-22(13-15-28(26)31)29(33)24-11-7-9-20-8-5-6-10-23(20)24/h5-17H,4H2,1-3H3. The maximum absolute atomic E-state index is 13.6. The third-order valence-corrected chi connectivity index (χ3v) is 6.21. The van der Waals surface area contributed by atoms with Crippen molar-refractivity contribution in [3.8, 4) is 0 Å². The molecule has 5 rings (SSSR count). The molecule has 34 heavy (non-hydrogen) atoms. The summed E-state index contributed by atoms with van der Waals surface area (Å²) in [5.41, 5.74) is 4.96. The van der Waals surface area contributed by atoms with E-state index in [-0.39, 0.29) is 5.78 Å². The topological polar surface area (TPSA) is 60.7 Å². The number of fused-ring (bicyclic) bond motifs is 4. The molecule has 0 aliphatic heterocycles. The number of rotatable bonds is 5. The normalized spacial score (nSPS) is 11.9.